The van der Waals surface area contributed by atoms with Gasteiger partial charge in [0.15, 0.2) is 0 Å². The summed E-state index contributed by atoms with van der Waals surface area (Å²) in [6.07, 6.45) is -2.94. The molecule has 10 heteroatoms. The minimum absolute atomic E-state index is 0.714. The molecule has 0 nitrogen and oxygen atoms in total. The SMILES string of the molecule is C[Si]1(C)[Se][Si](C)([Si]2(C)[Se][Si](C)(C)[Si](C)(C)[Se]2)[Se][Si]1(C)C. The second-order valence-corrected chi connectivity index (χ2v) is 137. The molecule has 0 aliphatic carbocycles. The predicted molar refractivity (Wildman–Crippen MR) is 116 cm³/mol. The fourth-order valence-electron chi connectivity index (χ4n) is 2.85. The van der Waals surface area contributed by atoms with E-state index in [1.807, 2.05) is 0 Å². The van der Waals surface area contributed by atoms with Gasteiger partial charge in [0.2, 0.25) is 0 Å². The molecule has 0 unspecified atom stereocenters. The number of hydrogen-bond acceptors (Lipinski definition) is 0. The van der Waals surface area contributed by atoms with Crippen LogP contribution in [0, 0.1) is 0 Å². The summed E-state index contributed by atoms with van der Waals surface area (Å²) in [7, 11) is 0. The first kappa shape index (κ1) is 19.7. The summed E-state index contributed by atoms with van der Waals surface area (Å²) >= 11 is 4.89. The van der Waals surface area contributed by atoms with Gasteiger partial charge in [0.25, 0.3) is 0 Å². The molecule has 0 amide bonds. The molecule has 20 heavy (non-hydrogen) atoms. The van der Waals surface area contributed by atoms with E-state index in [2.05, 4.69) is 65.5 Å². The summed E-state index contributed by atoms with van der Waals surface area (Å²) in [5.41, 5.74) is 0. The van der Waals surface area contributed by atoms with Gasteiger partial charge in [0.05, 0.1) is 0 Å². The molecule has 0 spiro atoms. The fourth-order valence-corrected chi connectivity index (χ4v) is 607. The van der Waals surface area contributed by atoms with Crippen molar-refractivity contribution in [3.63, 3.8) is 0 Å². The Hall–Kier alpha value is 3.38. The normalized spacial score (nSPS) is 35.1. The summed E-state index contributed by atoms with van der Waals surface area (Å²) < 4.78 is 0. The summed E-state index contributed by atoms with van der Waals surface area (Å²) in [5.74, 6) is 0. The van der Waals surface area contributed by atoms with Crippen LogP contribution >= 0.6 is 0 Å². The molecule has 2 heterocycles. The molecule has 0 radical (unpaired) electrons. The van der Waals surface area contributed by atoms with Gasteiger partial charge in [-0.3, -0.25) is 0 Å². The molecule has 0 saturated carbocycles. The molecule has 2 aliphatic heterocycles. The van der Waals surface area contributed by atoms with Gasteiger partial charge in [0.1, 0.15) is 0 Å². The van der Waals surface area contributed by atoms with Crippen LogP contribution in [-0.2, 0) is 0 Å². The minimum atomic E-state index is -0.734. The summed E-state index contributed by atoms with van der Waals surface area (Å²) in [5, 5.41) is 0. The zero-order chi connectivity index (χ0) is 15.8. The predicted octanol–water partition coefficient (Wildman–Crippen LogP) is 2.03. The summed E-state index contributed by atoms with van der Waals surface area (Å²) in [6, 6.07) is 0. The van der Waals surface area contributed by atoms with E-state index >= 15 is 0 Å². The molecule has 0 N–H and O–H groups in total. The van der Waals surface area contributed by atoms with E-state index in [0.717, 1.165) is 0 Å². The van der Waals surface area contributed by atoms with Crippen molar-refractivity contribution < 1.29 is 0 Å². The van der Waals surface area contributed by atoms with Gasteiger partial charge in [-0.05, 0) is 0 Å². The van der Waals surface area contributed by atoms with Crippen molar-refractivity contribution in [1.82, 2.24) is 0 Å². The third kappa shape index (κ3) is 3.00. The molecule has 2 saturated heterocycles. The molecule has 0 aromatic heterocycles. The first-order valence-corrected chi connectivity index (χ1v) is 47.2. The first-order chi connectivity index (χ1) is 8.58. The molecule has 0 atom stereocenters. The Morgan fingerprint density at radius 1 is 0.350 bits per heavy atom. The van der Waals surface area contributed by atoms with Crippen LogP contribution in [0.1, 0.15) is 0 Å². The molecular weight excluding hydrogens is 604 g/mol. The quantitative estimate of drug-likeness (QED) is 0.388. The van der Waals surface area contributed by atoms with Gasteiger partial charge in [-0.25, -0.2) is 0 Å². The Bertz CT molecular complexity index is 363. The van der Waals surface area contributed by atoms with Gasteiger partial charge in [0, 0.05) is 0 Å². The maximum absolute atomic E-state index is 3.00. The van der Waals surface area contributed by atoms with Gasteiger partial charge in [-0.2, -0.15) is 0 Å². The summed E-state index contributed by atoms with van der Waals surface area (Å²) in [4.78, 5) is -1.43. The van der Waals surface area contributed by atoms with Crippen molar-refractivity contribution in [2.24, 2.45) is 0 Å². The van der Waals surface area contributed by atoms with Crippen LogP contribution in [0.4, 0.5) is 0 Å². The zero-order valence-corrected chi connectivity index (χ0v) is 27.5. The Balaban J connectivity index is 2.39. The Labute approximate surface area is 152 Å². The number of rotatable bonds is 1. The van der Waals surface area contributed by atoms with Crippen LogP contribution in [0.2, 0.25) is 65.5 Å². The Kier molecular flexibility index (Phi) is 5.35. The molecule has 118 valence electrons. The van der Waals surface area contributed by atoms with Gasteiger partial charge in [-0.15, -0.1) is 0 Å². The second kappa shape index (κ2) is 5.44. The van der Waals surface area contributed by atoms with Crippen LogP contribution in [0.15, 0.2) is 0 Å². The van der Waals surface area contributed by atoms with Crippen LogP contribution in [0.25, 0.3) is 0 Å². The molecule has 2 aliphatic rings. The van der Waals surface area contributed by atoms with E-state index in [9.17, 15) is 0 Å². The molecule has 0 aromatic rings. The van der Waals surface area contributed by atoms with Crippen LogP contribution in [0.3, 0.4) is 0 Å². The Morgan fingerprint density at radius 3 is 0.650 bits per heavy atom. The third-order valence-electron chi connectivity index (χ3n) is 5.52. The second-order valence-electron chi connectivity index (χ2n) is 8.34. The summed E-state index contributed by atoms with van der Waals surface area (Å²) in [6.45, 7) is 28.6. The average molecular weight is 635 g/mol. The molecular formula is C10H30Se4Si6. The van der Waals surface area contributed by atoms with E-state index < -0.39 is 34.4 Å². The van der Waals surface area contributed by atoms with Gasteiger partial charge in [-0.1, -0.05) is 0 Å². The van der Waals surface area contributed by atoms with Crippen molar-refractivity contribution in [2.75, 3.05) is 0 Å². The molecule has 2 fully saturated rings. The van der Waals surface area contributed by atoms with Crippen molar-refractivity contribution in [3.05, 3.63) is 0 Å². The number of hydrogen-bond donors (Lipinski definition) is 0. The van der Waals surface area contributed by atoms with Crippen LogP contribution in [-0.4, -0.2) is 89.1 Å². The topological polar surface area (TPSA) is 0 Å². The molecule has 0 bridgehead atoms. The van der Waals surface area contributed by atoms with Crippen molar-refractivity contribution in [2.45, 2.75) is 65.5 Å². The first-order valence-electron chi connectivity index (χ1n) is 7.38. The zero-order valence-electron chi connectivity index (χ0n) is 14.6. The van der Waals surface area contributed by atoms with E-state index in [-0.39, 0.29) is 0 Å². The van der Waals surface area contributed by atoms with Gasteiger partial charge >= 0.3 is 155 Å². The van der Waals surface area contributed by atoms with Crippen molar-refractivity contribution in [3.8, 4) is 0 Å². The maximum atomic E-state index is 3.00. The van der Waals surface area contributed by atoms with E-state index in [4.69, 9.17) is 0 Å². The van der Waals surface area contributed by atoms with Gasteiger partial charge < -0.3 is 0 Å². The van der Waals surface area contributed by atoms with Crippen LogP contribution in [0.5, 0.6) is 0 Å². The van der Waals surface area contributed by atoms with Crippen molar-refractivity contribution in [1.29, 1.82) is 0 Å². The monoisotopic (exact) mass is 638 g/mol. The molecule has 2 rings (SSSR count). The average Bonchev–Trinajstić information content (AvgIpc) is 2.38. The van der Waals surface area contributed by atoms with E-state index in [0.29, 0.717) is 0 Å². The standard InChI is InChI=1S/C10H30Se4Si6/c1-15(2)11-19(9,12-16(15,3)4)20(10)13-17(5,6)18(7,8)14-20/h1-10H3. The fraction of sp³-hybridized carbons (Fsp3) is 1.00. The van der Waals surface area contributed by atoms with Crippen molar-refractivity contribution >= 4 is 89.1 Å². The van der Waals surface area contributed by atoms with E-state index in [1.165, 1.54) is 54.7 Å². The Morgan fingerprint density at radius 2 is 0.500 bits per heavy atom. The van der Waals surface area contributed by atoms with E-state index in [1.54, 1.807) is 0 Å². The van der Waals surface area contributed by atoms with Crippen LogP contribution < -0.4 is 0 Å². The molecule has 0 aromatic carbocycles. The third-order valence-corrected chi connectivity index (χ3v) is 293.